The number of benzene rings is 3. The lowest BCUT2D eigenvalue weighted by Crippen LogP contribution is -2.46. The van der Waals surface area contributed by atoms with Gasteiger partial charge >= 0.3 is 5.69 Å². The molecular formula is C43H53N9O5. The summed E-state index contributed by atoms with van der Waals surface area (Å²) in [6, 6.07) is 23.1. The number of hydrogen-bond donors (Lipinski definition) is 3. The molecule has 57 heavy (non-hydrogen) atoms. The molecule has 300 valence electrons. The Morgan fingerprint density at radius 2 is 1.63 bits per heavy atom. The highest BCUT2D eigenvalue weighted by molar-refractivity contribution is 6.00. The molecule has 5 aromatic rings. The summed E-state index contributed by atoms with van der Waals surface area (Å²) in [5.74, 6) is -0.158. The number of imide groups is 1. The highest BCUT2D eigenvalue weighted by Gasteiger charge is 2.31. The smallest absolute Gasteiger partial charge is 0.329 e. The molecule has 3 aromatic carbocycles. The largest absolute Gasteiger partial charge is 0.507 e. The first kappa shape index (κ1) is 39.5. The summed E-state index contributed by atoms with van der Waals surface area (Å²) >= 11 is 0. The fourth-order valence-electron chi connectivity index (χ4n) is 8.03. The summed E-state index contributed by atoms with van der Waals surface area (Å²) in [7, 11) is 3.90. The number of anilines is 3. The topological polar surface area (TPSA) is 164 Å². The van der Waals surface area contributed by atoms with Crippen LogP contribution in [0.2, 0.25) is 0 Å². The highest BCUT2D eigenvalue weighted by atomic mass is 16.5. The molecule has 7 rings (SSSR count). The van der Waals surface area contributed by atoms with Gasteiger partial charge in [-0.2, -0.15) is 0 Å². The summed E-state index contributed by atoms with van der Waals surface area (Å²) < 4.78 is 9.13. The van der Waals surface area contributed by atoms with Crippen LogP contribution in [0.25, 0.3) is 22.3 Å². The highest BCUT2D eigenvalue weighted by Crippen LogP contribution is 2.32. The number of nitrogens with one attached hydrogen (secondary N) is 1. The van der Waals surface area contributed by atoms with Crippen LogP contribution in [-0.4, -0.2) is 94.1 Å². The van der Waals surface area contributed by atoms with Gasteiger partial charge in [0.05, 0.1) is 22.4 Å². The Balaban J connectivity index is 0.786. The Morgan fingerprint density at radius 3 is 2.39 bits per heavy atom. The fraction of sp³-hybridized carbons (Fsp3) is 0.419. The summed E-state index contributed by atoms with van der Waals surface area (Å²) in [6.45, 7) is 6.62. The zero-order valence-corrected chi connectivity index (χ0v) is 32.9. The molecule has 4 heterocycles. The van der Waals surface area contributed by atoms with Crippen molar-refractivity contribution >= 4 is 40.0 Å². The van der Waals surface area contributed by atoms with Crippen LogP contribution >= 0.6 is 0 Å². The quantitative estimate of drug-likeness (QED) is 0.0946. The molecule has 2 aliphatic heterocycles. The number of nitrogen functional groups attached to an aromatic ring is 1. The van der Waals surface area contributed by atoms with Gasteiger partial charge in [0, 0.05) is 70.7 Å². The summed E-state index contributed by atoms with van der Waals surface area (Å²) in [5, 5.41) is 21.1. The van der Waals surface area contributed by atoms with Gasteiger partial charge in [-0.15, -0.1) is 10.2 Å². The number of carbonyl (C=O) groups is 2. The molecule has 14 nitrogen and oxygen atoms in total. The number of ether oxygens (including phenoxy) is 1. The number of phenolic OH excluding ortho intramolecular Hbond substituents is 1. The maximum atomic E-state index is 13.2. The van der Waals surface area contributed by atoms with Crippen LogP contribution in [-0.2, 0) is 34.3 Å². The number of aryl methyl sites for hydroxylation is 2. The Bertz CT molecular complexity index is 2240. The van der Waals surface area contributed by atoms with Crippen LogP contribution in [0.5, 0.6) is 5.75 Å². The molecule has 0 saturated carbocycles. The van der Waals surface area contributed by atoms with Crippen LogP contribution in [0, 0.1) is 0 Å². The minimum atomic E-state index is -0.679. The summed E-state index contributed by atoms with van der Waals surface area (Å²) in [4.78, 5) is 44.4. The molecule has 2 saturated heterocycles. The number of fused-ring (bicyclic) bond motifs is 1. The second-order valence-corrected chi connectivity index (χ2v) is 15.1. The Kier molecular flexibility index (Phi) is 12.5. The zero-order chi connectivity index (χ0) is 39.9. The number of nitrogens with zero attached hydrogens (tertiary/aromatic N) is 7. The number of unbranched alkanes of at least 4 members (excludes halogenated alkanes) is 2. The van der Waals surface area contributed by atoms with Gasteiger partial charge in [0.15, 0.2) is 5.82 Å². The van der Waals surface area contributed by atoms with Gasteiger partial charge in [0.1, 0.15) is 11.8 Å². The average molecular weight is 776 g/mol. The van der Waals surface area contributed by atoms with Gasteiger partial charge in [0.25, 0.3) is 0 Å². The predicted octanol–water partition coefficient (Wildman–Crippen LogP) is 4.64. The van der Waals surface area contributed by atoms with Gasteiger partial charge in [-0.05, 0) is 99.6 Å². The fourth-order valence-corrected chi connectivity index (χ4v) is 8.03. The Labute approximate surface area is 332 Å². The summed E-state index contributed by atoms with van der Waals surface area (Å²) in [6.07, 6.45) is 5.26. The van der Waals surface area contributed by atoms with Crippen molar-refractivity contribution in [2.75, 3.05) is 68.5 Å². The van der Waals surface area contributed by atoms with Crippen molar-refractivity contribution in [1.82, 2.24) is 29.5 Å². The van der Waals surface area contributed by atoms with E-state index in [0.29, 0.717) is 30.1 Å². The Hall–Kier alpha value is -5.73. The lowest BCUT2D eigenvalue weighted by atomic mass is 10.0. The number of imidazole rings is 1. The second kappa shape index (κ2) is 18.0. The van der Waals surface area contributed by atoms with Gasteiger partial charge in [0.2, 0.25) is 11.8 Å². The van der Waals surface area contributed by atoms with Crippen molar-refractivity contribution < 1.29 is 19.4 Å². The number of piperazine rings is 1. The first-order chi connectivity index (χ1) is 27.7. The van der Waals surface area contributed by atoms with Crippen molar-refractivity contribution in [3.05, 3.63) is 94.4 Å². The van der Waals surface area contributed by atoms with E-state index in [-0.39, 0.29) is 23.8 Å². The van der Waals surface area contributed by atoms with E-state index in [9.17, 15) is 19.5 Å². The molecule has 2 fully saturated rings. The van der Waals surface area contributed by atoms with Crippen LogP contribution < -0.4 is 26.5 Å². The Morgan fingerprint density at radius 1 is 0.895 bits per heavy atom. The second-order valence-electron chi connectivity index (χ2n) is 15.1. The first-order valence-electron chi connectivity index (χ1n) is 20.0. The zero-order valence-electron chi connectivity index (χ0n) is 32.9. The van der Waals surface area contributed by atoms with Gasteiger partial charge in [-0.25, -0.2) is 4.79 Å². The third kappa shape index (κ3) is 9.13. The van der Waals surface area contributed by atoms with Gasteiger partial charge < -0.3 is 30.3 Å². The molecular weight excluding hydrogens is 723 g/mol. The van der Waals surface area contributed by atoms with E-state index in [0.717, 1.165) is 100 Å². The number of amides is 2. The molecule has 0 spiro atoms. The number of hydrogen-bond acceptors (Lipinski definition) is 11. The summed E-state index contributed by atoms with van der Waals surface area (Å²) in [5.41, 5.74) is 13.2. The molecule has 4 N–H and O–H groups in total. The standard InChI is InChI=1S/C43H53N9O5/c1-48(21-6-8-27-57-26-7-5-10-31-11-9-13-35-40(31)49(2)43(56)52(35)36-19-20-39(54)45-42(36)55)29-30-15-17-32(18-16-30)50-22-24-51(25-23-50)37-28-34(46-47-41(37)44)33-12-3-4-14-38(33)53/h3-4,9,11-18,28,36,53H,5-8,10,19-27,29H2,1-2H3,(H2,44,47)(H,45,54,55). The average Bonchev–Trinajstić information content (AvgIpc) is 3.47. The van der Waals surface area contributed by atoms with Gasteiger partial charge in [-0.3, -0.25) is 24.0 Å². The molecule has 2 aliphatic rings. The molecule has 0 aliphatic carbocycles. The SMILES string of the molecule is CN(CCCCOCCCCc1cccc2c1n(C)c(=O)n2C1CCC(=O)NC1=O)Cc1ccc(N2CCN(c3cc(-c4ccccc4O)nnc3N)CC2)cc1. The number of aromatic hydroxyl groups is 1. The number of rotatable bonds is 16. The van der Waals surface area contributed by atoms with Crippen molar-refractivity contribution in [1.29, 1.82) is 0 Å². The van der Waals surface area contributed by atoms with Crippen molar-refractivity contribution in [2.45, 2.75) is 57.5 Å². The third-order valence-corrected chi connectivity index (χ3v) is 11.1. The third-order valence-electron chi connectivity index (χ3n) is 11.1. The molecule has 0 radical (unpaired) electrons. The van der Waals surface area contributed by atoms with Crippen LogP contribution in [0.4, 0.5) is 17.2 Å². The van der Waals surface area contributed by atoms with E-state index in [2.05, 4.69) is 61.5 Å². The maximum absolute atomic E-state index is 13.2. The maximum Gasteiger partial charge on any atom is 0.329 e. The van der Waals surface area contributed by atoms with Gasteiger partial charge in [-0.1, -0.05) is 36.4 Å². The normalized spacial score (nSPS) is 16.2. The van der Waals surface area contributed by atoms with Crippen LogP contribution in [0.1, 0.15) is 55.7 Å². The number of phenols is 1. The number of piperidine rings is 1. The number of aromatic nitrogens is 4. The molecule has 1 atom stereocenters. The van der Waals surface area contributed by atoms with Crippen molar-refractivity contribution in [3.8, 4) is 17.0 Å². The lowest BCUT2D eigenvalue weighted by molar-refractivity contribution is -0.135. The van der Waals surface area contributed by atoms with E-state index >= 15 is 0 Å². The van der Waals surface area contributed by atoms with E-state index < -0.39 is 11.9 Å². The molecule has 1 unspecified atom stereocenters. The van der Waals surface area contributed by atoms with E-state index in [1.807, 2.05) is 36.4 Å². The first-order valence-corrected chi connectivity index (χ1v) is 20.0. The van der Waals surface area contributed by atoms with Crippen LogP contribution in [0.3, 0.4) is 0 Å². The molecule has 14 heteroatoms. The molecule has 2 amide bonds. The van der Waals surface area contributed by atoms with E-state index in [4.69, 9.17) is 10.5 Å². The molecule has 0 bridgehead atoms. The van der Waals surface area contributed by atoms with E-state index in [1.165, 1.54) is 15.8 Å². The minimum Gasteiger partial charge on any atom is -0.507 e. The minimum absolute atomic E-state index is 0.166. The van der Waals surface area contributed by atoms with Crippen molar-refractivity contribution in [2.24, 2.45) is 7.05 Å². The predicted molar refractivity (Wildman–Crippen MR) is 222 cm³/mol. The number of para-hydroxylation sites is 2. The number of nitrogens with two attached hydrogens (primary N) is 1. The van der Waals surface area contributed by atoms with E-state index in [1.54, 1.807) is 23.7 Å². The van der Waals surface area contributed by atoms with Crippen molar-refractivity contribution in [3.63, 3.8) is 0 Å². The number of carbonyl (C=O) groups excluding carboxylic acids is 2. The monoisotopic (exact) mass is 775 g/mol. The lowest BCUT2D eigenvalue weighted by Gasteiger charge is -2.37. The van der Waals surface area contributed by atoms with Crippen LogP contribution in [0.15, 0.2) is 77.6 Å². The molecule has 2 aromatic heterocycles.